The van der Waals surface area contributed by atoms with E-state index in [9.17, 15) is 5.26 Å². The van der Waals surface area contributed by atoms with Crippen molar-refractivity contribution >= 4 is 27.3 Å². The summed E-state index contributed by atoms with van der Waals surface area (Å²) in [5.74, 6) is 0.247. The average molecular weight is 399 g/mol. The smallest absolute Gasteiger partial charge is 0.244 e. The lowest BCUT2D eigenvalue weighted by Crippen LogP contribution is -2.20. The predicted octanol–water partition coefficient (Wildman–Crippen LogP) is 4.12. The van der Waals surface area contributed by atoms with Gasteiger partial charge in [-0.05, 0) is 23.6 Å². The summed E-state index contributed by atoms with van der Waals surface area (Å²) in [5.41, 5.74) is 8.99. The number of nitrogens with zero attached hydrogens (tertiary/aromatic N) is 2. The number of hydrogen-bond donors (Lipinski definition) is 2. The van der Waals surface area contributed by atoms with E-state index in [4.69, 9.17) is 10.5 Å². The number of rotatable bonds is 2. The average Bonchev–Trinajstić information content (AvgIpc) is 3.24. The normalized spacial score (nSPS) is 16.4. The Balaban J connectivity index is 1.94. The zero-order valence-corrected chi connectivity index (χ0v) is 14.7. The fourth-order valence-corrected chi connectivity index (χ4v) is 3.93. The molecule has 1 atom stereocenters. The molecule has 7 heteroatoms. The lowest BCUT2D eigenvalue weighted by Gasteiger charge is -2.22. The van der Waals surface area contributed by atoms with Crippen molar-refractivity contribution in [1.29, 1.82) is 5.26 Å². The number of halogens is 1. The van der Waals surface area contributed by atoms with Crippen molar-refractivity contribution in [2.75, 3.05) is 0 Å². The highest BCUT2D eigenvalue weighted by atomic mass is 79.9. The first-order valence-electron chi connectivity index (χ1n) is 7.14. The first-order chi connectivity index (χ1) is 11.7. The number of aromatic nitrogens is 2. The van der Waals surface area contributed by atoms with Crippen molar-refractivity contribution in [3.8, 4) is 23.2 Å². The third-order valence-electron chi connectivity index (χ3n) is 3.90. The van der Waals surface area contributed by atoms with Gasteiger partial charge >= 0.3 is 0 Å². The van der Waals surface area contributed by atoms with Crippen LogP contribution in [-0.2, 0) is 0 Å². The molecule has 24 heavy (non-hydrogen) atoms. The molecule has 1 unspecified atom stereocenters. The van der Waals surface area contributed by atoms with Gasteiger partial charge in [-0.3, -0.25) is 5.10 Å². The molecule has 0 bridgehead atoms. The summed E-state index contributed by atoms with van der Waals surface area (Å²) in [6, 6.07) is 14.0. The van der Waals surface area contributed by atoms with Crippen LogP contribution < -0.4 is 10.5 Å². The highest BCUT2D eigenvalue weighted by molar-refractivity contribution is 9.10. The van der Waals surface area contributed by atoms with Crippen LogP contribution in [0.1, 0.15) is 16.4 Å². The van der Waals surface area contributed by atoms with Crippen molar-refractivity contribution < 1.29 is 4.74 Å². The molecule has 0 radical (unpaired) electrons. The number of hydrogen-bond acceptors (Lipinski definition) is 5. The standard InChI is InChI=1S/C17H11BrN4OS/c18-10-5-3-9(4-6-10)15-14-13(12-2-1-7-24-12)11(8-19)16(20)23-17(14)22-21-15/h1-7,13H,20H2,(H,21,22). The number of allylic oxidation sites excluding steroid dienone is 1. The summed E-state index contributed by atoms with van der Waals surface area (Å²) in [6.45, 7) is 0. The van der Waals surface area contributed by atoms with Gasteiger partial charge in [0.05, 0.1) is 17.2 Å². The molecule has 118 valence electrons. The number of aromatic amines is 1. The minimum absolute atomic E-state index is 0.109. The fraction of sp³-hybridized carbons (Fsp3) is 0.0588. The number of thiophene rings is 1. The second kappa shape index (κ2) is 5.82. The Morgan fingerprint density at radius 1 is 1.29 bits per heavy atom. The first kappa shape index (κ1) is 15.0. The second-order valence-corrected chi connectivity index (χ2v) is 7.16. The van der Waals surface area contributed by atoms with Crippen molar-refractivity contribution in [3.63, 3.8) is 0 Å². The molecule has 5 nitrogen and oxygen atoms in total. The summed E-state index contributed by atoms with van der Waals surface area (Å²) in [5, 5.41) is 18.9. The molecule has 1 aliphatic rings. The largest absolute Gasteiger partial charge is 0.420 e. The Morgan fingerprint density at radius 2 is 2.08 bits per heavy atom. The van der Waals surface area contributed by atoms with Crippen LogP contribution in [-0.4, -0.2) is 10.2 Å². The molecule has 0 aliphatic carbocycles. The monoisotopic (exact) mass is 398 g/mol. The minimum Gasteiger partial charge on any atom is -0.420 e. The quantitative estimate of drug-likeness (QED) is 0.679. The van der Waals surface area contributed by atoms with E-state index in [1.165, 1.54) is 0 Å². The third-order valence-corrected chi connectivity index (χ3v) is 5.37. The van der Waals surface area contributed by atoms with E-state index in [1.54, 1.807) is 11.3 Å². The molecule has 0 fully saturated rings. The number of ether oxygens (including phenoxy) is 1. The number of H-pyrrole nitrogens is 1. The molecule has 3 heterocycles. The molecule has 0 spiro atoms. The molecular weight excluding hydrogens is 388 g/mol. The molecule has 2 aromatic heterocycles. The molecule has 0 amide bonds. The molecule has 3 N–H and O–H groups in total. The summed E-state index contributed by atoms with van der Waals surface area (Å²) in [7, 11) is 0. The van der Waals surface area contributed by atoms with Crippen LogP contribution in [0.4, 0.5) is 0 Å². The van der Waals surface area contributed by atoms with E-state index in [0.717, 1.165) is 26.2 Å². The van der Waals surface area contributed by atoms with Crippen LogP contribution in [0.3, 0.4) is 0 Å². The van der Waals surface area contributed by atoms with Gasteiger partial charge in [-0.15, -0.1) is 16.4 Å². The van der Waals surface area contributed by atoms with Crippen LogP contribution in [0, 0.1) is 11.3 Å². The molecule has 0 saturated heterocycles. The summed E-state index contributed by atoms with van der Waals surface area (Å²) in [4.78, 5) is 1.03. The summed E-state index contributed by atoms with van der Waals surface area (Å²) < 4.78 is 6.57. The maximum Gasteiger partial charge on any atom is 0.244 e. The van der Waals surface area contributed by atoms with E-state index >= 15 is 0 Å². The van der Waals surface area contributed by atoms with Crippen molar-refractivity contribution in [2.24, 2.45) is 5.73 Å². The Kier molecular flexibility index (Phi) is 3.63. The number of nitrogens with one attached hydrogen (secondary N) is 1. The van der Waals surface area contributed by atoms with E-state index in [0.29, 0.717) is 11.5 Å². The zero-order valence-electron chi connectivity index (χ0n) is 12.3. The molecule has 1 aromatic carbocycles. The molecule has 0 saturated carbocycles. The highest BCUT2D eigenvalue weighted by Crippen LogP contribution is 2.46. The van der Waals surface area contributed by atoms with Gasteiger partial charge in [-0.2, -0.15) is 5.26 Å². The zero-order chi connectivity index (χ0) is 16.7. The van der Waals surface area contributed by atoms with Crippen molar-refractivity contribution in [2.45, 2.75) is 5.92 Å². The number of nitrogens with two attached hydrogens (primary N) is 1. The van der Waals surface area contributed by atoms with Gasteiger partial charge < -0.3 is 10.5 Å². The second-order valence-electron chi connectivity index (χ2n) is 5.26. The summed E-state index contributed by atoms with van der Waals surface area (Å²) in [6.07, 6.45) is 0. The number of fused-ring (bicyclic) bond motifs is 1. The Bertz CT molecular complexity index is 967. The van der Waals surface area contributed by atoms with Gasteiger partial charge in [0.2, 0.25) is 11.8 Å². The first-order valence-corrected chi connectivity index (χ1v) is 8.81. The minimum atomic E-state index is -0.281. The van der Waals surface area contributed by atoms with Gasteiger partial charge in [-0.1, -0.05) is 34.1 Å². The van der Waals surface area contributed by atoms with Crippen molar-refractivity contribution in [3.05, 3.63) is 68.1 Å². The van der Waals surface area contributed by atoms with Crippen molar-refractivity contribution in [1.82, 2.24) is 10.2 Å². The number of nitriles is 1. The van der Waals surface area contributed by atoms with Gasteiger partial charge in [0, 0.05) is 14.9 Å². The maximum atomic E-state index is 9.59. The SMILES string of the molecule is N#CC1=C(N)Oc2n[nH]c(-c3ccc(Br)cc3)c2C1c1cccs1. The predicted molar refractivity (Wildman–Crippen MR) is 95.3 cm³/mol. The maximum absolute atomic E-state index is 9.59. The lowest BCUT2D eigenvalue weighted by molar-refractivity contribution is 0.379. The highest BCUT2D eigenvalue weighted by Gasteiger charge is 2.36. The Morgan fingerprint density at radius 3 is 2.75 bits per heavy atom. The van der Waals surface area contributed by atoms with Gasteiger partial charge in [-0.25, -0.2) is 0 Å². The summed E-state index contributed by atoms with van der Waals surface area (Å²) >= 11 is 5.02. The van der Waals surface area contributed by atoms with Crippen LogP contribution >= 0.6 is 27.3 Å². The van der Waals surface area contributed by atoms with Gasteiger partial charge in [0.1, 0.15) is 11.6 Å². The van der Waals surface area contributed by atoms with Crippen LogP contribution in [0.2, 0.25) is 0 Å². The number of benzene rings is 1. The molecule has 3 aromatic rings. The fourth-order valence-electron chi connectivity index (χ4n) is 2.82. The van der Waals surface area contributed by atoms with Gasteiger partial charge in [0.15, 0.2) is 0 Å². The molecule has 4 rings (SSSR count). The third kappa shape index (κ3) is 2.31. The molecular formula is C17H11BrN4OS. The van der Waals surface area contributed by atoms with Crippen LogP contribution in [0.25, 0.3) is 11.3 Å². The Hall–Kier alpha value is -2.56. The van der Waals surface area contributed by atoms with E-state index in [-0.39, 0.29) is 11.8 Å². The topological polar surface area (TPSA) is 87.7 Å². The molecule has 1 aliphatic heterocycles. The lowest BCUT2D eigenvalue weighted by atomic mass is 9.87. The van der Waals surface area contributed by atoms with Gasteiger partial charge in [0.25, 0.3) is 0 Å². The van der Waals surface area contributed by atoms with E-state index in [1.807, 2.05) is 41.8 Å². The van der Waals surface area contributed by atoms with Crippen LogP contribution in [0.15, 0.2) is 57.7 Å². The Labute approximate surface area is 150 Å². The van der Waals surface area contributed by atoms with Crippen LogP contribution in [0.5, 0.6) is 5.88 Å². The van der Waals surface area contributed by atoms with E-state index in [2.05, 4.69) is 32.2 Å². The van der Waals surface area contributed by atoms with E-state index < -0.39 is 0 Å².